The molecular weight excluding hydrogens is 204 g/mol. The highest BCUT2D eigenvalue weighted by molar-refractivity contribution is 5.48. The molecule has 2 aliphatic rings. The maximum absolute atomic E-state index is 5.80. The van der Waals surface area contributed by atoms with Crippen molar-refractivity contribution in [2.75, 3.05) is 26.9 Å². The zero-order valence-electron chi connectivity index (χ0n) is 9.49. The monoisotopic (exact) mass is 220 g/mol. The van der Waals surface area contributed by atoms with Gasteiger partial charge >= 0.3 is 0 Å². The summed E-state index contributed by atoms with van der Waals surface area (Å²) in [6.07, 6.45) is 2.12. The maximum atomic E-state index is 5.80. The molecule has 1 aromatic carbocycles. The fraction of sp³-hybridized carbons (Fsp3) is 0.538. The van der Waals surface area contributed by atoms with Crippen molar-refractivity contribution in [3.8, 4) is 11.5 Å². The molecule has 2 aliphatic heterocycles. The zero-order valence-corrected chi connectivity index (χ0v) is 9.49. The second kappa shape index (κ2) is 3.67. The first-order valence-electron chi connectivity index (χ1n) is 5.73. The standard InChI is InChI=1S/C13H16O3/c1-14-10-2-3-11-12(8-10)16-9-13(11)4-6-15-7-5-13/h2-3,8H,4-7,9H2,1H3. The molecule has 16 heavy (non-hydrogen) atoms. The van der Waals surface area contributed by atoms with E-state index in [2.05, 4.69) is 6.07 Å². The SMILES string of the molecule is COc1ccc2c(c1)OCC21CCOCC1. The fourth-order valence-corrected chi connectivity index (χ4v) is 2.66. The number of fused-ring (bicyclic) bond motifs is 2. The summed E-state index contributed by atoms with van der Waals surface area (Å²) < 4.78 is 16.4. The molecule has 3 nitrogen and oxygen atoms in total. The molecule has 1 aromatic rings. The van der Waals surface area contributed by atoms with Gasteiger partial charge in [0.1, 0.15) is 11.5 Å². The third-order valence-electron chi connectivity index (χ3n) is 3.71. The Bertz CT molecular complexity index is 394. The van der Waals surface area contributed by atoms with E-state index in [9.17, 15) is 0 Å². The van der Waals surface area contributed by atoms with Gasteiger partial charge < -0.3 is 14.2 Å². The molecule has 0 amide bonds. The van der Waals surface area contributed by atoms with E-state index < -0.39 is 0 Å². The van der Waals surface area contributed by atoms with Crippen LogP contribution in [0.1, 0.15) is 18.4 Å². The molecule has 0 radical (unpaired) electrons. The summed E-state index contributed by atoms with van der Waals surface area (Å²) in [6, 6.07) is 6.15. The Morgan fingerprint density at radius 2 is 2.06 bits per heavy atom. The van der Waals surface area contributed by atoms with Crippen LogP contribution in [0, 0.1) is 0 Å². The Morgan fingerprint density at radius 3 is 2.81 bits per heavy atom. The summed E-state index contributed by atoms with van der Waals surface area (Å²) in [7, 11) is 1.68. The molecule has 0 bridgehead atoms. The topological polar surface area (TPSA) is 27.7 Å². The van der Waals surface area contributed by atoms with E-state index in [1.807, 2.05) is 12.1 Å². The van der Waals surface area contributed by atoms with Crippen LogP contribution in [0.15, 0.2) is 18.2 Å². The van der Waals surface area contributed by atoms with Crippen LogP contribution in [0.4, 0.5) is 0 Å². The van der Waals surface area contributed by atoms with Crippen LogP contribution in [0.2, 0.25) is 0 Å². The van der Waals surface area contributed by atoms with Crippen molar-refractivity contribution in [2.45, 2.75) is 18.3 Å². The van der Waals surface area contributed by atoms with E-state index in [0.29, 0.717) is 0 Å². The molecule has 0 aromatic heterocycles. The van der Waals surface area contributed by atoms with E-state index in [4.69, 9.17) is 14.2 Å². The Kier molecular flexibility index (Phi) is 2.28. The first-order chi connectivity index (χ1) is 7.84. The van der Waals surface area contributed by atoms with Gasteiger partial charge in [-0.15, -0.1) is 0 Å². The largest absolute Gasteiger partial charge is 0.497 e. The molecule has 1 spiro atoms. The third-order valence-corrected chi connectivity index (χ3v) is 3.71. The summed E-state index contributed by atoms with van der Waals surface area (Å²) in [5.74, 6) is 1.85. The molecule has 0 saturated carbocycles. The van der Waals surface area contributed by atoms with E-state index in [0.717, 1.165) is 44.2 Å². The molecule has 1 saturated heterocycles. The van der Waals surface area contributed by atoms with Gasteiger partial charge in [0.05, 0.1) is 13.7 Å². The number of hydrogen-bond acceptors (Lipinski definition) is 3. The van der Waals surface area contributed by atoms with Crippen LogP contribution < -0.4 is 9.47 Å². The molecule has 0 N–H and O–H groups in total. The van der Waals surface area contributed by atoms with Gasteiger partial charge in [0.2, 0.25) is 0 Å². The predicted molar refractivity (Wildman–Crippen MR) is 60.2 cm³/mol. The van der Waals surface area contributed by atoms with Crippen molar-refractivity contribution < 1.29 is 14.2 Å². The molecule has 0 unspecified atom stereocenters. The Morgan fingerprint density at radius 1 is 1.25 bits per heavy atom. The molecular formula is C13H16O3. The average molecular weight is 220 g/mol. The quantitative estimate of drug-likeness (QED) is 0.725. The molecule has 1 fully saturated rings. The minimum absolute atomic E-state index is 0.194. The van der Waals surface area contributed by atoms with E-state index in [1.54, 1.807) is 7.11 Å². The summed E-state index contributed by atoms with van der Waals surface area (Å²) in [4.78, 5) is 0. The normalized spacial score (nSPS) is 21.6. The summed E-state index contributed by atoms with van der Waals surface area (Å²) in [6.45, 7) is 2.47. The third kappa shape index (κ3) is 1.39. The lowest BCUT2D eigenvalue weighted by molar-refractivity contribution is 0.0420. The lowest BCUT2D eigenvalue weighted by Gasteiger charge is -2.31. The number of methoxy groups -OCH3 is 1. The van der Waals surface area contributed by atoms with Gasteiger partial charge in [-0.1, -0.05) is 6.07 Å². The average Bonchev–Trinajstić information content (AvgIpc) is 2.69. The van der Waals surface area contributed by atoms with Gasteiger partial charge in [0.25, 0.3) is 0 Å². The first kappa shape index (κ1) is 9.97. The van der Waals surface area contributed by atoms with E-state index in [-0.39, 0.29) is 5.41 Å². The highest BCUT2D eigenvalue weighted by Gasteiger charge is 2.41. The Balaban J connectivity index is 1.98. The van der Waals surface area contributed by atoms with Crippen LogP contribution in [-0.4, -0.2) is 26.9 Å². The van der Waals surface area contributed by atoms with Gasteiger partial charge in [-0.3, -0.25) is 0 Å². The lowest BCUT2D eigenvalue weighted by atomic mass is 9.76. The van der Waals surface area contributed by atoms with Crippen molar-refractivity contribution in [2.24, 2.45) is 0 Å². The van der Waals surface area contributed by atoms with Crippen LogP contribution in [0.25, 0.3) is 0 Å². The molecule has 2 heterocycles. The number of benzene rings is 1. The molecule has 0 aliphatic carbocycles. The van der Waals surface area contributed by atoms with Crippen molar-refractivity contribution in [3.05, 3.63) is 23.8 Å². The number of hydrogen-bond donors (Lipinski definition) is 0. The molecule has 0 atom stereocenters. The zero-order chi connectivity index (χ0) is 11.0. The van der Waals surface area contributed by atoms with Gasteiger partial charge in [-0.25, -0.2) is 0 Å². The van der Waals surface area contributed by atoms with Crippen LogP contribution in [0.5, 0.6) is 11.5 Å². The minimum Gasteiger partial charge on any atom is -0.497 e. The highest BCUT2D eigenvalue weighted by Crippen LogP contribution is 2.46. The van der Waals surface area contributed by atoms with Gasteiger partial charge in [-0.2, -0.15) is 0 Å². The second-order valence-electron chi connectivity index (χ2n) is 4.54. The molecule has 3 heteroatoms. The van der Waals surface area contributed by atoms with Crippen molar-refractivity contribution >= 4 is 0 Å². The van der Waals surface area contributed by atoms with E-state index in [1.165, 1.54) is 5.56 Å². The van der Waals surface area contributed by atoms with Gasteiger partial charge in [0, 0.05) is 30.3 Å². The number of ether oxygens (including phenoxy) is 3. The minimum atomic E-state index is 0.194. The van der Waals surface area contributed by atoms with Crippen molar-refractivity contribution in [1.82, 2.24) is 0 Å². The maximum Gasteiger partial charge on any atom is 0.126 e. The Labute approximate surface area is 95.3 Å². The highest BCUT2D eigenvalue weighted by atomic mass is 16.5. The van der Waals surface area contributed by atoms with Crippen LogP contribution in [-0.2, 0) is 10.2 Å². The molecule has 86 valence electrons. The van der Waals surface area contributed by atoms with Gasteiger partial charge in [0.15, 0.2) is 0 Å². The summed E-state index contributed by atoms with van der Waals surface area (Å²) in [5.41, 5.74) is 1.52. The summed E-state index contributed by atoms with van der Waals surface area (Å²) >= 11 is 0. The fourth-order valence-electron chi connectivity index (χ4n) is 2.66. The van der Waals surface area contributed by atoms with Crippen LogP contribution in [0.3, 0.4) is 0 Å². The van der Waals surface area contributed by atoms with Crippen molar-refractivity contribution in [3.63, 3.8) is 0 Å². The smallest absolute Gasteiger partial charge is 0.126 e. The molecule has 3 rings (SSSR count). The van der Waals surface area contributed by atoms with Gasteiger partial charge in [-0.05, 0) is 18.9 Å². The second-order valence-corrected chi connectivity index (χ2v) is 4.54. The van der Waals surface area contributed by atoms with E-state index >= 15 is 0 Å². The predicted octanol–water partition coefficient (Wildman–Crippen LogP) is 2.14. The Hall–Kier alpha value is -1.22. The summed E-state index contributed by atoms with van der Waals surface area (Å²) in [5, 5.41) is 0. The lowest BCUT2D eigenvalue weighted by Crippen LogP contribution is -2.35. The van der Waals surface area contributed by atoms with Crippen LogP contribution >= 0.6 is 0 Å². The van der Waals surface area contributed by atoms with Crippen molar-refractivity contribution in [1.29, 1.82) is 0 Å². The first-order valence-corrected chi connectivity index (χ1v) is 5.73. The number of rotatable bonds is 1.